The van der Waals surface area contributed by atoms with E-state index in [0.717, 1.165) is 0 Å². The second kappa shape index (κ2) is 6.75. The lowest BCUT2D eigenvalue weighted by atomic mass is 10.2. The number of fused-ring (bicyclic) bond motifs is 1. The number of carbonyl (C=O) groups is 1. The van der Waals surface area contributed by atoms with Crippen molar-refractivity contribution in [3.05, 3.63) is 48.5 Å². The number of nitrogens with zero attached hydrogens (tertiary/aromatic N) is 2. The number of hydrogen-bond donors (Lipinski definition) is 1. The van der Waals surface area contributed by atoms with Crippen molar-refractivity contribution in [1.82, 2.24) is 10.2 Å². The van der Waals surface area contributed by atoms with Gasteiger partial charge in [0.25, 0.3) is 5.91 Å². The summed E-state index contributed by atoms with van der Waals surface area (Å²) in [4.78, 5) is 12.4. The number of aromatic nitrogens is 2. The average molecular weight is 353 g/mol. The molecule has 0 bridgehead atoms. The molecule has 1 atom stereocenters. The highest BCUT2D eigenvalue weighted by molar-refractivity contribution is 5.93. The number of para-hydroxylation sites is 2. The Kier molecular flexibility index (Phi) is 4.14. The molecule has 1 aromatic heterocycles. The molecule has 1 aliphatic rings. The van der Waals surface area contributed by atoms with Gasteiger partial charge in [0.15, 0.2) is 11.5 Å². The number of carbonyl (C=O) groups excluding carboxylic acids is 1. The van der Waals surface area contributed by atoms with E-state index in [4.69, 9.17) is 18.6 Å². The van der Waals surface area contributed by atoms with E-state index in [2.05, 4.69) is 15.5 Å². The molecule has 0 radical (unpaired) electrons. The number of anilines is 1. The lowest BCUT2D eigenvalue weighted by molar-refractivity contribution is -0.125. The quantitative estimate of drug-likeness (QED) is 0.770. The van der Waals surface area contributed by atoms with E-state index < -0.39 is 12.0 Å². The molecule has 1 amide bonds. The summed E-state index contributed by atoms with van der Waals surface area (Å²) < 4.78 is 21.8. The molecule has 0 spiro atoms. The Balaban J connectivity index is 1.45. The number of methoxy groups -OCH3 is 1. The number of rotatable bonds is 4. The van der Waals surface area contributed by atoms with Gasteiger partial charge < -0.3 is 18.6 Å². The summed E-state index contributed by atoms with van der Waals surface area (Å²) in [7, 11) is 1.57. The molecule has 1 unspecified atom stereocenters. The van der Waals surface area contributed by atoms with Crippen LogP contribution in [-0.4, -0.2) is 35.9 Å². The monoisotopic (exact) mass is 353 g/mol. The Hall–Kier alpha value is -3.55. The molecule has 1 aliphatic heterocycles. The first-order valence-electron chi connectivity index (χ1n) is 7.90. The van der Waals surface area contributed by atoms with Crippen LogP contribution in [0.15, 0.2) is 52.9 Å². The third-order valence-corrected chi connectivity index (χ3v) is 3.77. The standard InChI is InChI=1S/C18H15N3O5/c1-23-12-6-4-5-11(9-12)17-20-21-18(26-17)19-16(22)15-10-24-13-7-2-3-8-14(13)25-15/h2-9,15H,10H2,1H3,(H,19,21,22). The fourth-order valence-electron chi connectivity index (χ4n) is 2.48. The topological polar surface area (TPSA) is 95.7 Å². The van der Waals surface area contributed by atoms with Crippen LogP contribution < -0.4 is 19.5 Å². The van der Waals surface area contributed by atoms with Gasteiger partial charge in [-0.15, -0.1) is 5.10 Å². The lowest BCUT2D eigenvalue weighted by Crippen LogP contribution is -2.40. The highest BCUT2D eigenvalue weighted by atomic mass is 16.6. The van der Waals surface area contributed by atoms with E-state index in [1.54, 1.807) is 49.6 Å². The second-order valence-electron chi connectivity index (χ2n) is 5.50. The predicted octanol–water partition coefficient (Wildman–Crippen LogP) is 2.52. The van der Waals surface area contributed by atoms with Gasteiger partial charge in [-0.1, -0.05) is 23.3 Å². The molecule has 2 aromatic carbocycles. The minimum atomic E-state index is -0.808. The minimum Gasteiger partial charge on any atom is -0.497 e. The van der Waals surface area contributed by atoms with Gasteiger partial charge in [0, 0.05) is 5.56 Å². The fraction of sp³-hybridized carbons (Fsp3) is 0.167. The molecular weight excluding hydrogens is 338 g/mol. The van der Waals surface area contributed by atoms with Gasteiger partial charge >= 0.3 is 6.01 Å². The molecule has 0 saturated carbocycles. The normalized spacial score (nSPS) is 15.3. The van der Waals surface area contributed by atoms with Crippen molar-refractivity contribution in [2.75, 3.05) is 19.0 Å². The Morgan fingerprint density at radius 3 is 2.85 bits per heavy atom. The zero-order valence-electron chi connectivity index (χ0n) is 13.8. The Morgan fingerprint density at radius 1 is 1.15 bits per heavy atom. The third-order valence-electron chi connectivity index (χ3n) is 3.77. The highest BCUT2D eigenvalue weighted by Crippen LogP contribution is 2.31. The van der Waals surface area contributed by atoms with Gasteiger partial charge in [-0.2, -0.15) is 0 Å². The first kappa shape index (κ1) is 15.9. The molecule has 0 saturated heterocycles. The van der Waals surface area contributed by atoms with Crippen LogP contribution in [0.4, 0.5) is 6.01 Å². The molecule has 8 heteroatoms. The van der Waals surface area contributed by atoms with Crippen molar-refractivity contribution in [2.24, 2.45) is 0 Å². The Labute approximate surface area is 148 Å². The molecule has 8 nitrogen and oxygen atoms in total. The van der Waals surface area contributed by atoms with Crippen LogP contribution in [-0.2, 0) is 4.79 Å². The molecule has 132 valence electrons. The van der Waals surface area contributed by atoms with Crippen LogP contribution in [0.25, 0.3) is 11.5 Å². The maximum Gasteiger partial charge on any atom is 0.322 e. The summed E-state index contributed by atoms with van der Waals surface area (Å²) in [6.07, 6.45) is -0.808. The molecule has 26 heavy (non-hydrogen) atoms. The number of benzene rings is 2. The van der Waals surface area contributed by atoms with Gasteiger partial charge in [-0.3, -0.25) is 10.1 Å². The van der Waals surface area contributed by atoms with Crippen LogP contribution >= 0.6 is 0 Å². The van der Waals surface area contributed by atoms with Crippen molar-refractivity contribution in [2.45, 2.75) is 6.10 Å². The minimum absolute atomic E-state index is 0.0183. The van der Waals surface area contributed by atoms with Crippen molar-refractivity contribution in [3.63, 3.8) is 0 Å². The first-order chi connectivity index (χ1) is 12.7. The van der Waals surface area contributed by atoms with Crippen LogP contribution in [0.2, 0.25) is 0 Å². The van der Waals surface area contributed by atoms with Crippen molar-refractivity contribution in [3.8, 4) is 28.7 Å². The lowest BCUT2D eigenvalue weighted by Gasteiger charge is -2.24. The smallest absolute Gasteiger partial charge is 0.322 e. The number of nitrogens with one attached hydrogen (secondary N) is 1. The molecule has 0 fully saturated rings. The average Bonchev–Trinajstić information content (AvgIpc) is 3.16. The van der Waals surface area contributed by atoms with Crippen molar-refractivity contribution < 1.29 is 23.4 Å². The third kappa shape index (κ3) is 3.16. The number of ether oxygens (including phenoxy) is 3. The largest absolute Gasteiger partial charge is 0.497 e. The van der Waals surface area contributed by atoms with Crippen LogP contribution in [0.1, 0.15) is 0 Å². The zero-order chi connectivity index (χ0) is 17.9. The predicted molar refractivity (Wildman–Crippen MR) is 91.3 cm³/mol. The molecular formula is C18H15N3O5. The van der Waals surface area contributed by atoms with E-state index in [0.29, 0.717) is 22.8 Å². The summed E-state index contributed by atoms with van der Waals surface area (Å²) in [5.41, 5.74) is 0.684. The second-order valence-corrected chi connectivity index (χ2v) is 5.50. The zero-order valence-corrected chi connectivity index (χ0v) is 13.8. The van der Waals surface area contributed by atoms with Crippen molar-refractivity contribution in [1.29, 1.82) is 0 Å². The SMILES string of the molecule is COc1cccc(-c2nnc(NC(=O)C3COc4ccccc4O3)o2)c1. The van der Waals surface area contributed by atoms with Crippen LogP contribution in [0.3, 0.4) is 0 Å². The maximum absolute atomic E-state index is 12.4. The molecule has 3 aromatic rings. The van der Waals surface area contributed by atoms with E-state index in [1.165, 1.54) is 0 Å². The number of hydrogen-bond acceptors (Lipinski definition) is 7. The summed E-state index contributed by atoms with van der Waals surface area (Å²) >= 11 is 0. The van der Waals surface area contributed by atoms with Gasteiger partial charge in [-0.05, 0) is 30.3 Å². The van der Waals surface area contributed by atoms with E-state index in [9.17, 15) is 4.79 Å². The highest BCUT2D eigenvalue weighted by Gasteiger charge is 2.28. The van der Waals surface area contributed by atoms with Crippen molar-refractivity contribution >= 4 is 11.9 Å². The van der Waals surface area contributed by atoms with Gasteiger partial charge in [0.1, 0.15) is 12.4 Å². The van der Waals surface area contributed by atoms with Crippen LogP contribution in [0, 0.1) is 0 Å². The van der Waals surface area contributed by atoms with E-state index in [-0.39, 0.29) is 18.5 Å². The van der Waals surface area contributed by atoms with Gasteiger partial charge in [0.05, 0.1) is 7.11 Å². The molecule has 4 rings (SSSR count). The van der Waals surface area contributed by atoms with Gasteiger partial charge in [0.2, 0.25) is 12.0 Å². The van der Waals surface area contributed by atoms with Gasteiger partial charge in [-0.25, -0.2) is 0 Å². The summed E-state index contributed by atoms with van der Waals surface area (Å²) in [5.74, 6) is 1.62. The van der Waals surface area contributed by atoms with E-state index in [1.807, 2.05) is 6.07 Å². The summed E-state index contributed by atoms with van der Waals surface area (Å²) in [6, 6.07) is 14.3. The van der Waals surface area contributed by atoms with Crippen LogP contribution in [0.5, 0.6) is 17.2 Å². The first-order valence-corrected chi connectivity index (χ1v) is 7.90. The molecule has 0 aliphatic carbocycles. The summed E-state index contributed by atoms with van der Waals surface area (Å²) in [5, 5.41) is 10.3. The number of amides is 1. The summed E-state index contributed by atoms with van der Waals surface area (Å²) in [6.45, 7) is 0.0969. The maximum atomic E-state index is 12.4. The molecule has 2 heterocycles. The molecule has 1 N–H and O–H groups in total. The fourth-order valence-corrected chi connectivity index (χ4v) is 2.48. The van der Waals surface area contributed by atoms with E-state index >= 15 is 0 Å². The Morgan fingerprint density at radius 2 is 2.00 bits per heavy atom. The Bertz CT molecular complexity index is 940.